The van der Waals surface area contributed by atoms with Gasteiger partial charge in [-0.3, -0.25) is 19.3 Å². The first-order valence-electron chi connectivity index (χ1n) is 7.27. The Morgan fingerprint density at radius 1 is 1.30 bits per heavy atom. The van der Waals surface area contributed by atoms with E-state index in [1.807, 2.05) is 0 Å². The average Bonchev–Trinajstić information content (AvgIpc) is 2.85. The second-order valence-electron chi connectivity index (χ2n) is 5.57. The maximum Gasteiger partial charge on any atom is 0.240 e. The van der Waals surface area contributed by atoms with Crippen LogP contribution in [0.2, 0.25) is 0 Å². The molecule has 6 nitrogen and oxygen atoms in total. The van der Waals surface area contributed by atoms with Gasteiger partial charge < -0.3 is 10.1 Å². The maximum absolute atomic E-state index is 13.9. The van der Waals surface area contributed by atoms with Gasteiger partial charge in [0.05, 0.1) is 6.54 Å². The van der Waals surface area contributed by atoms with Gasteiger partial charge >= 0.3 is 0 Å². The number of hydrogen-bond donors (Lipinski definition) is 1. The summed E-state index contributed by atoms with van der Waals surface area (Å²) in [7, 11) is 1.42. The lowest BCUT2D eigenvalue weighted by Crippen LogP contribution is -2.45. The zero-order chi connectivity index (χ0) is 17.0. The highest BCUT2D eigenvalue weighted by Crippen LogP contribution is 2.26. The molecule has 0 unspecified atom stereocenters. The molecule has 1 aromatic carbocycles. The molecule has 0 bridgehead atoms. The van der Waals surface area contributed by atoms with Crippen LogP contribution in [0.4, 0.5) is 4.39 Å². The fourth-order valence-electron chi connectivity index (χ4n) is 2.43. The molecule has 124 valence electrons. The molecule has 23 heavy (non-hydrogen) atoms. The maximum atomic E-state index is 13.9. The number of benzene rings is 1. The van der Waals surface area contributed by atoms with Crippen LogP contribution in [-0.2, 0) is 24.7 Å². The summed E-state index contributed by atoms with van der Waals surface area (Å²) in [5.41, 5.74) is -0.740. The summed E-state index contributed by atoms with van der Waals surface area (Å²) < 4.78 is 19.3. The number of hydrogen-bond acceptors (Lipinski definition) is 4. The molecule has 7 heteroatoms. The van der Waals surface area contributed by atoms with E-state index in [0.717, 1.165) is 4.90 Å². The Bertz CT molecular complexity index is 618. The number of amides is 3. The molecule has 1 N–H and O–H groups in total. The Hall–Kier alpha value is -2.28. The number of methoxy groups -OCH3 is 1. The minimum Gasteiger partial charge on any atom is -0.372 e. The monoisotopic (exact) mass is 322 g/mol. The molecule has 0 radical (unpaired) electrons. The van der Waals surface area contributed by atoms with E-state index in [1.165, 1.54) is 13.2 Å². The van der Waals surface area contributed by atoms with E-state index in [2.05, 4.69) is 5.32 Å². The summed E-state index contributed by atoms with van der Waals surface area (Å²) in [5.74, 6) is -1.63. The van der Waals surface area contributed by atoms with Crippen LogP contribution in [0.15, 0.2) is 24.3 Å². The highest BCUT2D eigenvalue weighted by atomic mass is 19.1. The van der Waals surface area contributed by atoms with E-state index in [4.69, 9.17) is 4.74 Å². The molecular weight excluding hydrogens is 303 g/mol. The van der Waals surface area contributed by atoms with E-state index in [9.17, 15) is 18.8 Å². The lowest BCUT2D eigenvalue weighted by atomic mass is 9.95. The normalized spacial score (nSPS) is 17.3. The molecule has 1 heterocycles. The lowest BCUT2D eigenvalue weighted by molar-refractivity contribution is -0.142. The zero-order valence-electron chi connectivity index (χ0n) is 13.1. The minimum absolute atomic E-state index is 0.0134. The Labute approximate surface area is 133 Å². The van der Waals surface area contributed by atoms with Crippen LogP contribution >= 0.6 is 0 Å². The largest absolute Gasteiger partial charge is 0.372 e. The van der Waals surface area contributed by atoms with Gasteiger partial charge in [0.25, 0.3) is 0 Å². The predicted octanol–water partition coefficient (Wildman–Crippen LogP) is 0.953. The van der Waals surface area contributed by atoms with Crippen molar-refractivity contribution in [3.8, 4) is 0 Å². The van der Waals surface area contributed by atoms with Crippen molar-refractivity contribution in [1.82, 2.24) is 10.2 Å². The fraction of sp³-hybridized carbons (Fsp3) is 0.438. The quantitative estimate of drug-likeness (QED) is 0.791. The number of nitrogens with one attached hydrogen (secondary N) is 1. The Balaban J connectivity index is 2.00. The zero-order valence-corrected chi connectivity index (χ0v) is 13.1. The summed E-state index contributed by atoms with van der Waals surface area (Å²) in [6, 6.07) is 6.14. The third kappa shape index (κ3) is 3.73. The van der Waals surface area contributed by atoms with Crippen molar-refractivity contribution in [2.45, 2.75) is 25.4 Å². The molecule has 2 rings (SSSR count). The predicted molar refractivity (Wildman–Crippen MR) is 79.7 cm³/mol. The van der Waals surface area contributed by atoms with Gasteiger partial charge in [-0.15, -0.1) is 0 Å². The summed E-state index contributed by atoms with van der Waals surface area (Å²) in [4.78, 5) is 35.9. The van der Waals surface area contributed by atoms with Crippen molar-refractivity contribution >= 4 is 17.7 Å². The first-order valence-corrected chi connectivity index (χ1v) is 7.27. The molecule has 0 aromatic heterocycles. The van der Waals surface area contributed by atoms with Crippen LogP contribution in [0.3, 0.4) is 0 Å². The number of likely N-dealkylation sites (tertiary alicyclic amines) is 1. The van der Waals surface area contributed by atoms with Crippen molar-refractivity contribution in [3.05, 3.63) is 35.6 Å². The Kier molecular flexibility index (Phi) is 5.10. The van der Waals surface area contributed by atoms with Crippen LogP contribution in [-0.4, -0.2) is 42.8 Å². The van der Waals surface area contributed by atoms with E-state index in [1.54, 1.807) is 25.1 Å². The van der Waals surface area contributed by atoms with Crippen molar-refractivity contribution in [2.75, 3.05) is 20.2 Å². The van der Waals surface area contributed by atoms with Gasteiger partial charge in [0.15, 0.2) is 0 Å². The Morgan fingerprint density at radius 3 is 2.48 bits per heavy atom. The first-order chi connectivity index (χ1) is 10.9. The molecule has 1 saturated heterocycles. The van der Waals surface area contributed by atoms with Crippen LogP contribution < -0.4 is 5.32 Å². The van der Waals surface area contributed by atoms with Crippen LogP contribution in [0.1, 0.15) is 25.3 Å². The minimum atomic E-state index is -1.06. The van der Waals surface area contributed by atoms with Gasteiger partial charge in [-0.1, -0.05) is 18.2 Å². The van der Waals surface area contributed by atoms with Crippen LogP contribution in [0.5, 0.6) is 0 Å². The summed E-state index contributed by atoms with van der Waals surface area (Å²) in [5, 5.41) is 2.59. The first kappa shape index (κ1) is 17.1. The molecule has 1 atom stereocenters. The molecule has 1 aliphatic rings. The SMILES string of the molecule is CO[C@@](C)(CNC(=O)CN1C(=O)CCC1=O)c1ccccc1F. The third-order valence-corrected chi connectivity index (χ3v) is 3.97. The van der Waals surface area contributed by atoms with Gasteiger partial charge in [-0.25, -0.2) is 4.39 Å². The number of rotatable bonds is 6. The molecule has 0 aliphatic carbocycles. The topological polar surface area (TPSA) is 75.7 Å². The van der Waals surface area contributed by atoms with Gasteiger partial charge in [-0.05, 0) is 13.0 Å². The second kappa shape index (κ2) is 6.87. The molecule has 0 saturated carbocycles. The van der Waals surface area contributed by atoms with Gasteiger partial charge in [-0.2, -0.15) is 0 Å². The standard InChI is InChI=1S/C16H19FN2O4/c1-16(23-2,11-5-3-4-6-12(11)17)10-18-13(20)9-19-14(21)7-8-15(19)22/h3-6H,7-10H2,1-2H3,(H,18,20)/t16-/m0/s1. The van der Waals surface area contributed by atoms with Gasteiger partial charge in [0.1, 0.15) is 18.0 Å². The van der Waals surface area contributed by atoms with Crippen molar-refractivity contribution in [2.24, 2.45) is 0 Å². The van der Waals surface area contributed by atoms with E-state index < -0.39 is 17.3 Å². The number of carbonyl (C=O) groups is 3. The van der Waals surface area contributed by atoms with Gasteiger partial charge in [0, 0.05) is 25.5 Å². The lowest BCUT2D eigenvalue weighted by Gasteiger charge is -2.29. The molecule has 1 aromatic rings. The average molecular weight is 322 g/mol. The number of ether oxygens (including phenoxy) is 1. The summed E-state index contributed by atoms with van der Waals surface area (Å²) in [6.45, 7) is 1.34. The Morgan fingerprint density at radius 2 is 1.91 bits per heavy atom. The molecule has 1 fully saturated rings. The molecule has 1 aliphatic heterocycles. The number of nitrogens with zero attached hydrogens (tertiary/aromatic N) is 1. The van der Waals surface area contributed by atoms with E-state index in [-0.39, 0.29) is 37.7 Å². The molecule has 3 amide bonds. The number of imide groups is 1. The number of carbonyl (C=O) groups excluding carboxylic acids is 3. The number of halogens is 1. The second-order valence-corrected chi connectivity index (χ2v) is 5.57. The summed E-state index contributed by atoms with van der Waals surface area (Å²) in [6.07, 6.45) is 0.272. The highest BCUT2D eigenvalue weighted by molar-refractivity contribution is 6.04. The van der Waals surface area contributed by atoms with Gasteiger partial charge in [0.2, 0.25) is 17.7 Å². The molecular formula is C16H19FN2O4. The highest BCUT2D eigenvalue weighted by Gasteiger charge is 2.32. The third-order valence-electron chi connectivity index (χ3n) is 3.97. The fourth-order valence-corrected chi connectivity index (χ4v) is 2.43. The van der Waals surface area contributed by atoms with Crippen molar-refractivity contribution in [1.29, 1.82) is 0 Å². The van der Waals surface area contributed by atoms with Crippen LogP contribution in [0.25, 0.3) is 0 Å². The smallest absolute Gasteiger partial charge is 0.240 e. The van der Waals surface area contributed by atoms with E-state index >= 15 is 0 Å². The summed E-state index contributed by atoms with van der Waals surface area (Å²) >= 11 is 0. The van der Waals surface area contributed by atoms with Crippen molar-refractivity contribution in [3.63, 3.8) is 0 Å². The molecule has 0 spiro atoms. The van der Waals surface area contributed by atoms with Crippen molar-refractivity contribution < 1.29 is 23.5 Å². The van der Waals surface area contributed by atoms with Crippen LogP contribution in [0, 0.1) is 5.82 Å². The van der Waals surface area contributed by atoms with E-state index in [0.29, 0.717) is 5.56 Å².